The Hall–Kier alpha value is -0.380. The maximum Gasteiger partial charge on any atom is 0.0717 e. The molecule has 1 aromatic carbocycles. The van der Waals surface area contributed by atoms with E-state index in [4.69, 9.17) is 9.47 Å². The molecule has 1 saturated heterocycles. The number of benzene rings is 1. The van der Waals surface area contributed by atoms with Crippen LogP contribution in [0.25, 0.3) is 0 Å². The molecule has 0 spiro atoms. The molecule has 0 N–H and O–H groups in total. The van der Waals surface area contributed by atoms with Crippen molar-refractivity contribution >= 4 is 15.9 Å². The molecular weight excluding hydrogens is 292 g/mol. The van der Waals surface area contributed by atoms with E-state index in [1.807, 2.05) is 18.2 Å². The molecule has 1 aromatic rings. The van der Waals surface area contributed by atoms with Crippen LogP contribution in [-0.2, 0) is 16.1 Å². The van der Waals surface area contributed by atoms with Crippen LogP contribution in [0.15, 0.2) is 30.3 Å². The molecule has 2 nitrogen and oxygen atoms in total. The quantitative estimate of drug-likeness (QED) is 0.770. The SMILES string of the molecule is CC1CC(CBr)(COCc2ccccc2)C(C)O1. The number of halogens is 1. The molecule has 0 amide bonds. The first-order valence-electron chi connectivity index (χ1n) is 6.49. The van der Waals surface area contributed by atoms with Crippen LogP contribution in [0.5, 0.6) is 0 Å². The fourth-order valence-corrected chi connectivity index (χ4v) is 3.45. The van der Waals surface area contributed by atoms with E-state index in [9.17, 15) is 0 Å². The first-order chi connectivity index (χ1) is 8.66. The van der Waals surface area contributed by atoms with Crippen molar-refractivity contribution in [2.45, 2.75) is 39.1 Å². The van der Waals surface area contributed by atoms with Crippen LogP contribution in [-0.4, -0.2) is 24.1 Å². The summed E-state index contributed by atoms with van der Waals surface area (Å²) in [6, 6.07) is 10.3. The highest BCUT2D eigenvalue weighted by Crippen LogP contribution is 2.40. The molecule has 3 heteroatoms. The van der Waals surface area contributed by atoms with E-state index in [1.54, 1.807) is 0 Å². The highest BCUT2D eigenvalue weighted by atomic mass is 79.9. The minimum Gasteiger partial charge on any atom is -0.376 e. The Bertz CT molecular complexity index is 368. The summed E-state index contributed by atoms with van der Waals surface area (Å²) in [6.45, 7) is 5.71. The molecule has 1 aliphatic rings. The number of ether oxygens (including phenoxy) is 2. The topological polar surface area (TPSA) is 18.5 Å². The number of alkyl halides is 1. The van der Waals surface area contributed by atoms with Crippen molar-refractivity contribution in [2.75, 3.05) is 11.9 Å². The first-order valence-corrected chi connectivity index (χ1v) is 7.61. The molecule has 1 heterocycles. The molecule has 0 aliphatic carbocycles. The second kappa shape index (κ2) is 6.18. The van der Waals surface area contributed by atoms with Gasteiger partial charge in [-0.25, -0.2) is 0 Å². The van der Waals surface area contributed by atoms with Gasteiger partial charge >= 0.3 is 0 Å². The van der Waals surface area contributed by atoms with Crippen LogP contribution in [0.2, 0.25) is 0 Å². The molecular formula is C15H21BrO2. The van der Waals surface area contributed by atoms with Gasteiger partial charge in [-0.2, -0.15) is 0 Å². The van der Waals surface area contributed by atoms with E-state index in [0.29, 0.717) is 12.7 Å². The summed E-state index contributed by atoms with van der Waals surface area (Å²) in [4.78, 5) is 0. The monoisotopic (exact) mass is 312 g/mol. The maximum atomic E-state index is 5.91. The standard InChI is InChI=1S/C15H21BrO2/c1-12-8-15(10-16,13(2)18-12)11-17-9-14-6-4-3-5-7-14/h3-7,12-13H,8-11H2,1-2H3. The second-order valence-corrected chi connectivity index (χ2v) is 5.83. The van der Waals surface area contributed by atoms with Gasteiger partial charge in [-0.3, -0.25) is 0 Å². The minimum atomic E-state index is 0.119. The minimum absolute atomic E-state index is 0.119. The van der Waals surface area contributed by atoms with Crippen LogP contribution in [0.3, 0.4) is 0 Å². The average Bonchev–Trinajstić information content (AvgIpc) is 2.66. The molecule has 1 aliphatic heterocycles. The third kappa shape index (κ3) is 3.14. The third-order valence-electron chi connectivity index (χ3n) is 3.76. The normalized spacial score (nSPS) is 31.7. The first kappa shape index (κ1) is 14.0. The van der Waals surface area contributed by atoms with Gasteiger partial charge in [0.2, 0.25) is 0 Å². The predicted octanol–water partition coefficient (Wildman–Crippen LogP) is 3.78. The summed E-state index contributed by atoms with van der Waals surface area (Å²) in [6.07, 6.45) is 1.65. The van der Waals surface area contributed by atoms with Gasteiger partial charge in [0.1, 0.15) is 0 Å². The molecule has 18 heavy (non-hydrogen) atoms. The Labute approximate surface area is 118 Å². The van der Waals surface area contributed by atoms with Crippen molar-refractivity contribution in [1.82, 2.24) is 0 Å². The highest BCUT2D eigenvalue weighted by molar-refractivity contribution is 9.09. The number of hydrogen-bond donors (Lipinski definition) is 0. The van der Waals surface area contributed by atoms with Crippen LogP contribution < -0.4 is 0 Å². The number of hydrogen-bond acceptors (Lipinski definition) is 2. The van der Waals surface area contributed by atoms with Gasteiger partial charge in [0.05, 0.1) is 25.4 Å². The molecule has 0 bridgehead atoms. The summed E-state index contributed by atoms with van der Waals surface area (Å²) >= 11 is 3.63. The zero-order chi connectivity index (χ0) is 13.0. The van der Waals surface area contributed by atoms with Gasteiger partial charge in [-0.1, -0.05) is 46.3 Å². The molecule has 0 radical (unpaired) electrons. The van der Waals surface area contributed by atoms with Gasteiger partial charge in [0.25, 0.3) is 0 Å². The lowest BCUT2D eigenvalue weighted by atomic mass is 9.83. The summed E-state index contributed by atoms with van der Waals surface area (Å²) in [7, 11) is 0. The van der Waals surface area contributed by atoms with Crippen molar-refractivity contribution in [3.05, 3.63) is 35.9 Å². The molecule has 1 fully saturated rings. The lowest BCUT2D eigenvalue weighted by Gasteiger charge is -2.29. The average molecular weight is 313 g/mol. The Kier molecular flexibility index (Phi) is 4.82. The summed E-state index contributed by atoms with van der Waals surface area (Å²) in [5.74, 6) is 0. The Morgan fingerprint density at radius 3 is 2.61 bits per heavy atom. The highest BCUT2D eigenvalue weighted by Gasteiger charge is 2.44. The zero-order valence-corrected chi connectivity index (χ0v) is 12.7. The number of rotatable bonds is 5. The van der Waals surface area contributed by atoms with Crippen molar-refractivity contribution < 1.29 is 9.47 Å². The second-order valence-electron chi connectivity index (χ2n) is 5.27. The van der Waals surface area contributed by atoms with E-state index >= 15 is 0 Å². The van der Waals surface area contributed by atoms with E-state index in [2.05, 4.69) is 41.9 Å². The summed E-state index contributed by atoms with van der Waals surface area (Å²) < 4.78 is 11.8. The largest absolute Gasteiger partial charge is 0.376 e. The van der Waals surface area contributed by atoms with Crippen molar-refractivity contribution in [3.63, 3.8) is 0 Å². The lowest BCUT2D eigenvalue weighted by molar-refractivity contribution is -0.00927. The van der Waals surface area contributed by atoms with Crippen LogP contribution in [0, 0.1) is 5.41 Å². The van der Waals surface area contributed by atoms with Crippen molar-refractivity contribution in [2.24, 2.45) is 5.41 Å². The molecule has 0 saturated carbocycles. The van der Waals surface area contributed by atoms with Crippen molar-refractivity contribution in [3.8, 4) is 0 Å². The fourth-order valence-electron chi connectivity index (χ4n) is 2.60. The van der Waals surface area contributed by atoms with E-state index in [-0.39, 0.29) is 11.5 Å². The van der Waals surface area contributed by atoms with Crippen LogP contribution >= 0.6 is 15.9 Å². The molecule has 100 valence electrons. The van der Waals surface area contributed by atoms with Gasteiger partial charge in [-0.15, -0.1) is 0 Å². The Morgan fingerprint density at radius 1 is 1.33 bits per heavy atom. The smallest absolute Gasteiger partial charge is 0.0717 e. The summed E-state index contributed by atoms with van der Waals surface area (Å²) in [5, 5.41) is 0.931. The van der Waals surface area contributed by atoms with E-state index in [1.165, 1.54) is 5.56 Å². The third-order valence-corrected chi connectivity index (χ3v) is 4.88. The molecule has 0 aromatic heterocycles. The van der Waals surface area contributed by atoms with Gasteiger partial charge in [0.15, 0.2) is 0 Å². The van der Waals surface area contributed by atoms with E-state index < -0.39 is 0 Å². The molecule has 3 atom stereocenters. The maximum absolute atomic E-state index is 5.91. The summed E-state index contributed by atoms with van der Waals surface area (Å²) in [5.41, 5.74) is 1.34. The van der Waals surface area contributed by atoms with Crippen LogP contribution in [0.1, 0.15) is 25.8 Å². The molecule has 2 rings (SSSR count). The van der Waals surface area contributed by atoms with Gasteiger partial charge in [-0.05, 0) is 25.8 Å². The lowest BCUT2D eigenvalue weighted by Crippen LogP contribution is -2.35. The predicted molar refractivity (Wildman–Crippen MR) is 77.0 cm³/mol. The Balaban J connectivity index is 1.88. The van der Waals surface area contributed by atoms with Gasteiger partial charge in [0, 0.05) is 10.7 Å². The van der Waals surface area contributed by atoms with Gasteiger partial charge < -0.3 is 9.47 Å². The Morgan fingerprint density at radius 2 is 2.06 bits per heavy atom. The molecule has 3 unspecified atom stereocenters. The zero-order valence-electron chi connectivity index (χ0n) is 11.1. The van der Waals surface area contributed by atoms with Crippen molar-refractivity contribution in [1.29, 1.82) is 0 Å². The van der Waals surface area contributed by atoms with Crippen LogP contribution in [0.4, 0.5) is 0 Å². The van der Waals surface area contributed by atoms with E-state index in [0.717, 1.165) is 18.4 Å². The fraction of sp³-hybridized carbons (Fsp3) is 0.600.